The van der Waals surface area contributed by atoms with Gasteiger partial charge in [-0.1, -0.05) is 369 Å². The highest BCUT2D eigenvalue weighted by atomic mass is 31.2. The Hall–Kier alpha value is -1.94. The molecule has 6 atom stereocenters. The molecule has 0 aliphatic rings. The van der Waals surface area contributed by atoms with Gasteiger partial charge >= 0.3 is 39.5 Å². The summed E-state index contributed by atoms with van der Waals surface area (Å²) >= 11 is 0. The number of esters is 4. The van der Waals surface area contributed by atoms with Crippen molar-refractivity contribution in [2.45, 2.75) is 439 Å². The summed E-state index contributed by atoms with van der Waals surface area (Å²) in [5.74, 6) is -0.478. The molecule has 588 valence electrons. The molecule has 3 N–H and O–H groups in total. The Balaban J connectivity index is 5.16. The highest BCUT2D eigenvalue weighted by Gasteiger charge is 2.30. The largest absolute Gasteiger partial charge is 0.472 e. The lowest BCUT2D eigenvalue weighted by molar-refractivity contribution is -0.161. The van der Waals surface area contributed by atoms with Crippen LogP contribution in [-0.2, 0) is 65.4 Å². The quantitative estimate of drug-likeness (QED) is 0.0222. The highest BCUT2D eigenvalue weighted by molar-refractivity contribution is 7.47. The third kappa shape index (κ3) is 72.8. The van der Waals surface area contributed by atoms with E-state index in [2.05, 4.69) is 41.5 Å². The number of phosphoric acid groups is 2. The van der Waals surface area contributed by atoms with Crippen LogP contribution in [-0.4, -0.2) is 96.7 Å². The van der Waals surface area contributed by atoms with E-state index in [4.69, 9.17) is 37.0 Å². The van der Waals surface area contributed by atoms with Crippen molar-refractivity contribution in [2.75, 3.05) is 39.6 Å². The summed E-state index contributed by atoms with van der Waals surface area (Å²) in [6, 6.07) is 0. The van der Waals surface area contributed by atoms with Crippen LogP contribution >= 0.6 is 15.6 Å². The zero-order valence-electron chi connectivity index (χ0n) is 64.8. The summed E-state index contributed by atoms with van der Waals surface area (Å²) in [5, 5.41) is 10.6. The van der Waals surface area contributed by atoms with Gasteiger partial charge in [0, 0.05) is 25.7 Å². The fraction of sp³-hybridized carbons (Fsp3) is 0.950. The van der Waals surface area contributed by atoms with E-state index in [0.717, 1.165) is 115 Å². The minimum absolute atomic E-state index is 0.106. The first-order valence-corrected chi connectivity index (χ1v) is 44.5. The van der Waals surface area contributed by atoms with Gasteiger partial charge in [0.2, 0.25) is 0 Å². The number of carbonyl (C=O) groups is 4. The zero-order chi connectivity index (χ0) is 72.8. The first-order chi connectivity index (χ1) is 47.9. The molecule has 19 heteroatoms. The molecule has 0 aromatic carbocycles. The van der Waals surface area contributed by atoms with Gasteiger partial charge in [0.25, 0.3) is 0 Å². The predicted octanol–water partition coefficient (Wildman–Crippen LogP) is 23.9. The summed E-state index contributed by atoms with van der Waals surface area (Å²) in [6.07, 6.45) is 61.2. The molecule has 3 unspecified atom stereocenters. The summed E-state index contributed by atoms with van der Waals surface area (Å²) < 4.78 is 68.6. The number of rotatable bonds is 79. The number of carbonyl (C=O) groups excluding carboxylic acids is 4. The van der Waals surface area contributed by atoms with E-state index in [9.17, 15) is 43.2 Å². The molecule has 0 rings (SSSR count). The van der Waals surface area contributed by atoms with Crippen LogP contribution in [0.1, 0.15) is 420 Å². The highest BCUT2D eigenvalue weighted by Crippen LogP contribution is 2.45. The molecule has 0 aliphatic heterocycles. The maximum atomic E-state index is 13.1. The van der Waals surface area contributed by atoms with Crippen LogP contribution in [0.15, 0.2) is 0 Å². The third-order valence-corrected chi connectivity index (χ3v) is 21.0. The monoisotopic (exact) mass is 1450 g/mol. The van der Waals surface area contributed by atoms with Crippen molar-refractivity contribution >= 4 is 39.5 Å². The van der Waals surface area contributed by atoms with E-state index in [0.29, 0.717) is 25.7 Å². The average Bonchev–Trinajstić information content (AvgIpc) is 0.998. The third-order valence-electron chi connectivity index (χ3n) is 19.1. The standard InChI is InChI=1S/C80H156O17P2/c1-7-10-12-14-16-17-18-19-20-26-29-34-39-45-51-57-63-78(83)91-69-76(97-79(84)64-58-52-46-40-35-30-27-24-22-21-23-25-28-33-38-44-49-55-61-73(6)9-3)71-95-99(88,89)93-67-74(81)66-92-98(86,87)94-70-75(68-90-77(82)62-56-50-42-15-13-11-8-2)96-80(85)65-59-53-47-41-36-31-32-37-43-48-54-60-72(4)5/h72-76,81H,7-71H2,1-6H3,(H,86,87)(H,88,89)/t73?,74-,75+,76+/m0/s1. The van der Waals surface area contributed by atoms with Crippen LogP contribution in [0.25, 0.3) is 0 Å². The normalized spacial score (nSPS) is 14.2. The molecular weight excluding hydrogens is 1290 g/mol. The molecule has 99 heavy (non-hydrogen) atoms. The van der Waals surface area contributed by atoms with Gasteiger partial charge in [0.05, 0.1) is 26.4 Å². The number of phosphoric ester groups is 2. The predicted molar refractivity (Wildman–Crippen MR) is 405 cm³/mol. The van der Waals surface area contributed by atoms with Crippen molar-refractivity contribution in [3.05, 3.63) is 0 Å². The maximum absolute atomic E-state index is 13.1. The first kappa shape index (κ1) is 97.1. The van der Waals surface area contributed by atoms with Crippen LogP contribution < -0.4 is 0 Å². The van der Waals surface area contributed by atoms with E-state index in [1.54, 1.807) is 0 Å². The average molecular weight is 1450 g/mol. The zero-order valence-corrected chi connectivity index (χ0v) is 66.6. The maximum Gasteiger partial charge on any atom is 0.472 e. The Morgan fingerprint density at radius 2 is 0.515 bits per heavy atom. The number of hydrogen-bond acceptors (Lipinski definition) is 15. The van der Waals surface area contributed by atoms with E-state index in [-0.39, 0.29) is 25.7 Å². The molecule has 0 bridgehead atoms. The van der Waals surface area contributed by atoms with Gasteiger partial charge in [0.1, 0.15) is 19.3 Å². The second-order valence-corrected chi connectivity index (χ2v) is 32.4. The molecule has 0 amide bonds. The topological polar surface area (TPSA) is 237 Å². The smallest absolute Gasteiger partial charge is 0.462 e. The lowest BCUT2D eigenvalue weighted by atomic mass is 9.99. The number of aliphatic hydroxyl groups is 1. The molecule has 0 saturated heterocycles. The van der Waals surface area contributed by atoms with Gasteiger partial charge in [-0.15, -0.1) is 0 Å². The molecule has 0 radical (unpaired) electrons. The molecular formula is C80H156O17P2. The Kier molecular flexibility index (Phi) is 70.3. The Labute approximate surface area is 607 Å². The number of hydrogen-bond donors (Lipinski definition) is 3. The lowest BCUT2D eigenvalue weighted by Gasteiger charge is -2.21. The van der Waals surface area contributed by atoms with Crippen LogP contribution in [0.2, 0.25) is 0 Å². The number of unbranched alkanes of at least 4 members (excludes halogenated alkanes) is 48. The van der Waals surface area contributed by atoms with Crippen LogP contribution in [0.3, 0.4) is 0 Å². The second kappa shape index (κ2) is 71.7. The van der Waals surface area contributed by atoms with Gasteiger partial charge in [-0.05, 0) is 37.5 Å². The SMILES string of the molecule is CCCCCCCCCCCCCCCCCCC(=O)OC[C@H](COP(=O)(O)OC[C@@H](O)COP(=O)(O)OC[C@@H](COC(=O)CCCCCCCCC)OC(=O)CCCCCCCCCCCCCC(C)C)OC(=O)CCCCCCCCCCCCCCCCCCCCC(C)CC. The van der Waals surface area contributed by atoms with Gasteiger partial charge < -0.3 is 33.8 Å². The fourth-order valence-electron chi connectivity index (χ4n) is 12.3. The van der Waals surface area contributed by atoms with Crippen LogP contribution in [0, 0.1) is 11.8 Å². The molecule has 0 fully saturated rings. The van der Waals surface area contributed by atoms with Crippen molar-refractivity contribution < 1.29 is 80.2 Å². The molecule has 17 nitrogen and oxygen atoms in total. The van der Waals surface area contributed by atoms with Gasteiger partial charge in [-0.25, -0.2) is 9.13 Å². The van der Waals surface area contributed by atoms with E-state index < -0.39 is 97.5 Å². The fourth-order valence-corrected chi connectivity index (χ4v) is 13.9. The number of ether oxygens (including phenoxy) is 4. The van der Waals surface area contributed by atoms with Crippen molar-refractivity contribution in [3.63, 3.8) is 0 Å². The summed E-state index contributed by atoms with van der Waals surface area (Å²) in [7, 11) is -9.91. The summed E-state index contributed by atoms with van der Waals surface area (Å²) in [5.41, 5.74) is 0. The van der Waals surface area contributed by atoms with Gasteiger partial charge in [0.15, 0.2) is 12.2 Å². The number of aliphatic hydroxyl groups excluding tert-OH is 1. The summed E-state index contributed by atoms with van der Waals surface area (Å²) in [4.78, 5) is 72.8. The second-order valence-electron chi connectivity index (χ2n) is 29.5. The van der Waals surface area contributed by atoms with Crippen LogP contribution in [0.4, 0.5) is 0 Å². The van der Waals surface area contributed by atoms with Crippen molar-refractivity contribution in [1.82, 2.24) is 0 Å². The minimum Gasteiger partial charge on any atom is -0.462 e. The summed E-state index contributed by atoms with van der Waals surface area (Å²) in [6.45, 7) is 9.65. The minimum atomic E-state index is -4.96. The van der Waals surface area contributed by atoms with Crippen LogP contribution in [0.5, 0.6) is 0 Å². The van der Waals surface area contributed by atoms with Gasteiger partial charge in [-0.3, -0.25) is 37.3 Å². The molecule has 0 spiro atoms. The molecule has 0 heterocycles. The molecule has 0 saturated carbocycles. The van der Waals surface area contributed by atoms with Crippen molar-refractivity contribution in [2.24, 2.45) is 11.8 Å². The Morgan fingerprint density at radius 1 is 0.293 bits per heavy atom. The molecule has 0 aromatic heterocycles. The Bertz CT molecular complexity index is 1910. The Morgan fingerprint density at radius 3 is 0.768 bits per heavy atom. The van der Waals surface area contributed by atoms with E-state index >= 15 is 0 Å². The van der Waals surface area contributed by atoms with Crippen molar-refractivity contribution in [3.8, 4) is 0 Å². The van der Waals surface area contributed by atoms with E-state index in [1.807, 2.05) is 0 Å². The van der Waals surface area contributed by atoms with Gasteiger partial charge in [-0.2, -0.15) is 0 Å². The first-order valence-electron chi connectivity index (χ1n) is 41.5. The molecule has 0 aliphatic carbocycles. The van der Waals surface area contributed by atoms with Crippen molar-refractivity contribution in [1.29, 1.82) is 0 Å². The molecule has 0 aromatic rings. The lowest BCUT2D eigenvalue weighted by Crippen LogP contribution is -2.30. The van der Waals surface area contributed by atoms with E-state index in [1.165, 1.54) is 225 Å².